The zero-order valence-electron chi connectivity index (χ0n) is 10.5. The van der Waals surface area contributed by atoms with Gasteiger partial charge in [0.2, 0.25) is 10.0 Å². The summed E-state index contributed by atoms with van der Waals surface area (Å²) in [5, 5.41) is 12.1. The maximum atomic E-state index is 11.3. The lowest BCUT2D eigenvalue weighted by molar-refractivity contribution is 0.393. The number of anilines is 1. The van der Waals surface area contributed by atoms with Crippen molar-refractivity contribution in [1.82, 2.24) is 5.32 Å². The predicted octanol–water partition coefficient (Wildman–Crippen LogP) is 1.40. The van der Waals surface area contributed by atoms with Gasteiger partial charge in [-0.25, -0.2) is 13.6 Å². The fourth-order valence-corrected chi connectivity index (χ4v) is 2.89. The van der Waals surface area contributed by atoms with Crippen LogP contribution in [0.4, 0.5) is 5.69 Å². The highest BCUT2D eigenvalue weighted by molar-refractivity contribution is 7.89. The highest BCUT2D eigenvalue weighted by Crippen LogP contribution is 2.25. The van der Waals surface area contributed by atoms with Gasteiger partial charge in [-0.05, 0) is 50.0 Å². The number of nitrogens with one attached hydrogen (secondary N) is 2. The van der Waals surface area contributed by atoms with Gasteiger partial charge >= 0.3 is 0 Å². The zero-order chi connectivity index (χ0) is 13.9. The lowest BCUT2D eigenvalue weighted by Crippen LogP contribution is -2.33. The van der Waals surface area contributed by atoms with Gasteiger partial charge in [-0.2, -0.15) is 0 Å². The molecule has 1 heterocycles. The maximum Gasteiger partial charge on any atom is 0.238 e. The monoisotopic (exact) mass is 303 g/mol. The molecule has 5 nitrogen and oxygen atoms in total. The average Bonchev–Trinajstić information content (AvgIpc) is 2.37. The second-order valence-electron chi connectivity index (χ2n) is 4.78. The maximum absolute atomic E-state index is 11.3. The second-order valence-corrected chi connectivity index (χ2v) is 6.75. The number of nitrogens with two attached hydrogens (primary N) is 1. The van der Waals surface area contributed by atoms with Crippen LogP contribution in [0.5, 0.6) is 0 Å². The molecule has 0 spiro atoms. The van der Waals surface area contributed by atoms with Gasteiger partial charge in [-0.1, -0.05) is 11.6 Å². The van der Waals surface area contributed by atoms with Crippen LogP contribution in [-0.4, -0.2) is 28.1 Å². The largest absolute Gasteiger partial charge is 0.383 e. The average molecular weight is 304 g/mol. The van der Waals surface area contributed by atoms with Crippen molar-refractivity contribution in [3.05, 3.63) is 23.2 Å². The van der Waals surface area contributed by atoms with E-state index in [4.69, 9.17) is 16.7 Å². The van der Waals surface area contributed by atoms with E-state index < -0.39 is 10.0 Å². The van der Waals surface area contributed by atoms with Crippen molar-refractivity contribution in [2.75, 3.05) is 25.0 Å². The van der Waals surface area contributed by atoms with Crippen molar-refractivity contribution in [3.8, 4) is 0 Å². The molecule has 1 aromatic carbocycles. The third kappa shape index (κ3) is 4.07. The lowest BCUT2D eigenvalue weighted by Gasteiger charge is -2.23. The molecule has 106 valence electrons. The molecule has 0 aromatic heterocycles. The molecule has 7 heteroatoms. The molecule has 1 aliphatic heterocycles. The lowest BCUT2D eigenvalue weighted by atomic mass is 10.00. The first-order valence-corrected chi connectivity index (χ1v) is 8.16. The summed E-state index contributed by atoms with van der Waals surface area (Å²) >= 11 is 6.05. The number of halogens is 1. The van der Waals surface area contributed by atoms with Crippen LogP contribution in [0.1, 0.15) is 12.8 Å². The minimum Gasteiger partial charge on any atom is -0.383 e. The van der Waals surface area contributed by atoms with Crippen molar-refractivity contribution in [2.45, 2.75) is 17.7 Å². The topological polar surface area (TPSA) is 84.2 Å². The molecule has 0 amide bonds. The van der Waals surface area contributed by atoms with Crippen LogP contribution in [0.2, 0.25) is 5.02 Å². The Balaban J connectivity index is 2.06. The quantitative estimate of drug-likeness (QED) is 0.785. The number of sulfonamides is 1. The molecule has 1 fully saturated rings. The zero-order valence-corrected chi connectivity index (χ0v) is 12.1. The van der Waals surface area contributed by atoms with E-state index in [-0.39, 0.29) is 4.90 Å². The van der Waals surface area contributed by atoms with Crippen LogP contribution in [0, 0.1) is 5.92 Å². The minimum absolute atomic E-state index is 0.0705. The Morgan fingerprint density at radius 1 is 1.47 bits per heavy atom. The van der Waals surface area contributed by atoms with Crippen molar-refractivity contribution in [2.24, 2.45) is 11.1 Å². The number of primary sulfonamides is 1. The molecule has 1 saturated heterocycles. The van der Waals surface area contributed by atoms with E-state index in [9.17, 15) is 8.42 Å². The second kappa shape index (κ2) is 6.09. The van der Waals surface area contributed by atoms with Gasteiger partial charge in [0.25, 0.3) is 0 Å². The summed E-state index contributed by atoms with van der Waals surface area (Å²) in [5.41, 5.74) is 0.610. The summed E-state index contributed by atoms with van der Waals surface area (Å²) in [7, 11) is -3.70. The van der Waals surface area contributed by atoms with E-state index in [1.54, 1.807) is 6.07 Å². The third-order valence-corrected chi connectivity index (χ3v) is 4.49. The molecular weight excluding hydrogens is 286 g/mol. The summed E-state index contributed by atoms with van der Waals surface area (Å²) in [4.78, 5) is 0.0705. The number of piperidine rings is 1. The molecule has 1 aromatic rings. The molecule has 0 bridgehead atoms. The first-order chi connectivity index (χ1) is 8.97. The van der Waals surface area contributed by atoms with Gasteiger partial charge in [0.1, 0.15) is 0 Å². The van der Waals surface area contributed by atoms with Crippen LogP contribution >= 0.6 is 11.6 Å². The number of benzene rings is 1. The van der Waals surface area contributed by atoms with E-state index in [0.717, 1.165) is 32.5 Å². The van der Waals surface area contributed by atoms with Crippen molar-refractivity contribution >= 4 is 27.3 Å². The van der Waals surface area contributed by atoms with Crippen LogP contribution in [0.3, 0.4) is 0 Å². The first kappa shape index (κ1) is 14.6. The Labute approximate surface area is 118 Å². The molecule has 1 atom stereocenters. The molecule has 1 aliphatic rings. The van der Waals surface area contributed by atoms with Gasteiger partial charge in [-0.15, -0.1) is 0 Å². The summed E-state index contributed by atoms with van der Waals surface area (Å²) < 4.78 is 22.6. The predicted molar refractivity (Wildman–Crippen MR) is 76.9 cm³/mol. The highest BCUT2D eigenvalue weighted by Gasteiger charge is 2.14. The summed E-state index contributed by atoms with van der Waals surface area (Å²) in [6.45, 7) is 2.80. The summed E-state index contributed by atoms with van der Waals surface area (Å²) in [6.07, 6.45) is 2.32. The van der Waals surface area contributed by atoms with E-state index in [2.05, 4.69) is 10.6 Å². The molecule has 0 saturated carbocycles. The van der Waals surface area contributed by atoms with Gasteiger partial charge in [0, 0.05) is 6.54 Å². The Morgan fingerprint density at radius 2 is 2.26 bits per heavy atom. The fourth-order valence-electron chi connectivity index (χ4n) is 2.17. The Kier molecular flexibility index (Phi) is 4.67. The van der Waals surface area contributed by atoms with Crippen molar-refractivity contribution < 1.29 is 8.42 Å². The Hall–Kier alpha value is -0.820. The van der Waals surface area contributed by atoms with Crippen LogP contribution < -0.4 is 15.8 Å². The molecule has 1 unspecified atom stereocenters. The number of rotatable bonds is 4. The molecular formula is C12H18ClN3O2S. The van der Waals surface area contributed by atoms with Gasteiger partial charge in [-0.3, -0.25) is 0 Å². The van der Waals surface area contributed by atoms with Crippen LogP contribution in [-0.2, 0) is 10.0 Å². The molecule has 2 rings (SSSR count). The number of hydrogen-bond donors (Lipinski definition) is 3. The smallest absolute Gasteiger partial charge is 0.238 e. The van der Waals surface area contributed by atoms with Crippen molar-refractivity contribution in [1.29, 1.82) is 0 Å². The van der Waals surface area contributed by atoms with Gasteiger partial charge < -0.3 is 10.6 Å². The van der Waals surface area contributed by atoms with Crippen LogP contribution in [0.15, 0.2) is 23.1 Å². The summed E-state index contributed by atoms with van der Waals surface area (Å²) in [5.74, 6) is 0.531. The minimum atomic E-state index is -3.70. The first-order valence-electron chi connectivity index (χ1n) is 6.24. The SMILES string of the molecule is NS(=O)(=O)c1ccc(Cl)c(NCC2CCCNC2)c1. The normalized spacial score (nSPS) is 20.2. The molecule has 4 N–H and O–H groups in total. The standard InChI is InChI=1S/C12H18ClN3O2S/c13-11-4-3-10(19(14,17)18)6-12(11)16-8-9-2-1-5-15-7-9/h3-4,6,9,15-16H,1-2,5,7-8H2,(H2,14,17,18). The van der Waals surface area contributed by atoms with E-state index in [1.807, 2.05) is 0 Å². The van der Waals surface area contributed by atoms with E-state index >= 15 is 0 Å². The van der Waals surface area contributed by atoms with E-state index in [1.165, 1.54) is 12.1 Å². The summed E-state index contributed by atoms with van der Waals surface area (Å²) in [6, 6.07) is 4.43. The van der Waals surface area contributed by atoms with Crippen LogP contribution in [0.25, 0.3) is 0 Å². The van der Waals surface area contributed by atoms with Gasteiger partial charge in [0.15, 0.2) is 0 Å². The molecule has 0 aliphatic carbocycles. The number of hydrogen-bond acceptors (Lipinski definition) is 4. The van der Waals surface area contributed by atoms with Gasteiger partial charge in [0.05, 0.1) is 15.6 Å². The highest BCUT2D eigenvalue weighted by atomic mass is 35.5. The Bertz CT molecular complexity index is 542. The molecule has 19 heavy (non-hydrogen) atoms. The fraction of sp³-hybridized carbons (Fsp3) is 0.500. The Morgan fingerprint density at radius 3 is 2.89 bits per heavy atom. The van der Waals surface area contributed by atoms with Crippen molar-refractivity contribution in [3.63, 3.8) is 0 Å². The van der Waals surface area contributed by atoms with E-state index in [0.29, 0.717) is 16.6 Å². The third-order valence-electron chi connectivity index (χ3n) is 3.25. The molecule has 0 radical (unpaired) electrons.